The van der Waals surface area contributed by atoms with E-state index in [1.54, 1.807) is 0 Å². The minimum atomic E-state index is 0.253. The Morgan fingerprint density at radius 2 is 1.58 bits per heavy atom. The second-order valence-corrected chi connectivity index (χ2v) is 8.73. The monoisotopic (exact) mass is 419 g/mol. The summed E-state index contributed by atoms with van der Waals surface area (Å²) in [6, 6.07) is 3.98. The van der Waals surface area contributed by atoms with E-state index < -0.39 is 0 Å². The van der Waals surface area contributed by atoms with Crippen LogP contribution in [0.15, 0.2) is 22.9 Å². The molecule has 2 fully saturated rings. The number of aryl methyl sites for hydroxylation is 3. The van der Waals surface area contributed by atoms with E-state index in [9.17, 15) is 0 Å². The summed E-state index contributed by atoms with van der Waals surface area (Å²) < 4.78 is 5.61. The van der Waals surface area contributed by atoms with Crippen molar-refractivity contribution in [3.63, 3.8) is 0 Å². The van der Waals surface area contributed by atoms with Crippen LogP contribution >= 0.6 is 0 Å². The van der Waals surface area contributed by atoms with Crippen LogP contribution in [0.4, 0.5) is 11.9 Å². The number of piperidine rings is 1. The predicted molar refractivity (Wildman–Crippen MR) is 119 cm³/mol. The quantitative estimate of drug-likeness (QED) is 0.631. The van der Waals surface area contributed by atoms with Crippen LogP contribution in [0.2, 0.25) is 0 Å². The molecule has 0 radical (unpaired) electrons. The van der Waals surface area contributed by atoms with Gasteiger partial charge >= 0.3 is 0 Å². The summed E-state index contributed by atoms with van der Waals surface area (Å²) in [4.78, 5) is 23.7. The van der Waals surface area contributed by atoms with Crippen LogP contribution < -0.4 is 9.80 Å². The Morgan fingerprint density at radius 1 is 0.839 bits per heavy atom. The number of hydrogen-bond acceptors (Lipinski definition) is 8. The molecule has 3 aromatic heterocycles. The van der Waals surface area contributed by atoms with Crippen molar-refractivity contribution in [2.24, 2.45) is 0 Å². The molecule has 31 heavy (non-hydrogen) atoms. The van der Waals surface area contributed by atoms with Crippen molar-refractivity contribution in [3.05, 3.63) is 41.1 Å². The van der Waals surface area contributed by atoms with Crippen LogP contribution in [0.25, 0.3) is 11.3 Å². The van der Waals surface area contributed by atoms with Gasteiger partial charge in [-0.05, 0) is 52.5 Å². The highest BCUT2D eigenvalue weighted by atomic mass is 16.5. The maximum absolute atomic E-state index is 5.61. The van der Waals surface area contributed by atoms with Crippen LogP contribution in [-0.4, -0.2) is 51.3 Å². The molecule has 0 aromatic carbocycles. The molecule has 8 heteroatoms. The fourth-order valence-corrected chi connectivity index (χ4v) is 4.68. The average Bonchev–Trinajstić information content (AvgIpc) is 3.45. The molecule has 0 unspecified atom stereocenters. The molecule has 8 nitrogen and oxygen atoms in total. The van der Waals surface area contributed by atoms with Crippen LogP contribution in [0.3, 0.4) is 0 Å². The van der Waals surface area contributed by atoms with E-state index in [1.807, 2.05) is 39.1 Å². The zero-order chi connectivity index (χ0) is 21.4. The first-order valence-corrected chi connectivity index (χ1v) is 11.2. The minimum Gasteiger partial charge on any atom is -0.356 e. The molecule has 162 valence electrons. The molecule has 2 saturated heterocycles. The van der Waals surface area contributed by atoms with E-state index in [1.165, 1.54) is 12.8 Å². The lowest BCUT2D eigenvalue weighted by Crippen LogP contribution is -2.36. The van der Waals surface area contributed by atoms with Gasteiger partial charge in [0.05, 0.1) is 17.0 Å². The molecule has 2 aliphatic rings. The van der Waals surface area contributed by atoms with Gasteiger partial charge in [-0.2, -0.15) is 0 Å². The second kappa shape index (κ2) is 8.24. The Kier molecular flexibility index (Phi) is 5.29. The summed E-state index contributed by atoms with van der Waals surface area (Å²) in [5.74, 6) is 2.63. The summed E-state index contributed by atoms with van der Waals surface area (Å²) in [5, 5.41) is 4.09. The van der Waals surface area contributed by atoms with Crippen molar-refractivity contribution in [3.8, 4) is 11.3 Å². The third-order valence-corrected chi connectivity index (χ3v) is 6.15. The Morgan fingerprint density at radius 3 is 2.29 bits per heavy atom. The van der Waals surface area contributed by atoms with Gasteiger partial charge in [0.15, 0.2) is 5.76 Å². The lowest BCUT2D eigenvalue weighted by Gasteiger charge is -2.33. The SMILES string of the molecule is Cc1cc(-c2cnc(N3CCCC3)nc2[C@@H]2CCCN(c3nc(C)cc(C)n3)C2)on1. The van der Waals surface area contributed by atoms with Gasteiger partial charge in [0.2, 0.25) is 11.9 Å². The van der Waals surface area contributed by atoms with Gasteiger partial charge in [-0.1, -0.05) is 5.16 Å². The van der Waals surface area contributed by atoms with Gasteiger partial charge in [-0.15, -0.1) is 0 Å². The van der Waals surface area contributed by atoms with Crippen molar-refractivity contribution in [1.82, 2.24) is 25.1 Å². The van der Waals surface area contributed by atoms with Crippen LogP contribution in [0.1, 0.15) is 54.4 Å². The molecule has 0 bridgehead atoms. The maximum Gasteiger partial charge on any atom is 0.225 e. The van der Waals surface area contributed by atoms with Crippen molar-refractivity contribution in [2.45, 2.75) is 52.4 Å². The molecule has 0 aliphatic carbocycles. The molecule has 0 spiro atoms. The first-order valence-electron chi connectivity index (χ1n) is 11.2. The predicted octanol–water partition coefficient (Wildman–Crippen LogP) is 3.83. The third kappa shape index (κ3) is 4.11. The van der Waals surface area contributed by atoms with Gasteiger partial charge in [-0.25, -0.2) is 19.9 Å². The molecule has 5 heterocycles. The van der Waals surface area contributed by atoms with Crippen molar-refractivity contribution in [1.29, 1.82) is 0 Å². The highest BCUT2D eigenvalue weighted by Crippen LogP contribution is 2.35. The zero-order valence-corrected chi connectivity index (χ0v) is 18.5. The number of aromatic nitrogens is 5. The molecular weight excluding hydrogens is 390 g/mol. The summed E-state index contributed by atoms with van der Waals surface area (Å²) in [6.07, 6.45) is 6.45. The van der Waals surface area contributed by atoms with E-state index >= 15 is 0 Å². The Bertz CT molecular complexity index is 1050. The topological polar surface area (TPSA) is 84.1 Å². The van der Waals surface area contributed by atoms with Gasteiger partial charge < -0.3 is 14.3 Å². The number of hydrogen-bond donors (Lipinski definition) is 0. The van der Waals surface area contributed by atoms with E-state index in [-0.39, 0.29) is 5.92 Å². The molecule has 2 aliphatic heterocycles. The van der Waals surface area contributed by atoms with E-state index in [0.717, 1.165) is 85.0 Å². The Hall–Kier alpha value is -3.03. The fourth-order valence-electron chi connectivity index (χ4n) is 4.68. The standard InChI is InChI=1S/C23H29N7O/c1-15-11-16(2)26-23(25-15)30-10-6-7-18(14-30)21-19(20-12-17(3)28-31-20)13-24-22(27-21)29-8-4-5-9-29/h11-13,18H,4-10,14H2,1-3H3/t18-/m1/s1. The van der Waals surface area contributed by atoms with Crippen molar-refractivity contribution >= 4 is 11.9 Å². The number of nitrogens with zero attached hydrogens (tertiary/aromatic N) is 7. The Labute approximate surface area is 182 Å². The van der Waals surface area contributed by atoms with Crippen molar-refractivity contribution in [2.75, 3.05) is 36.0 Å². The van der Waals surface area contributed by atoms with E-state index in [2.05, 4.69) is 15.0 Å². The van der Waals surface area contributed by atoms with Crippen LogP contribution in [0.5, 0.6) is 0 Å². The third-order valence-electron chi connectivity index (χ3n) is 6.15. The molecule has 3 aromatic rings. The largest absolute Gasteiger partial charge is 0.356 e. The summed E-state index contributed by atoms with van der Waals surface area (Å²) in [6.45, 7) is 9.82. The lowest BCUT2D eigenvalue weighted by molar-refractivity contribution is 0.425. The average molecular weight is 420 g/mol. The minimum absolute atomic E-state index is 0.253. The summed E-state index contributed by atoms with van der Waals surface area (Å²) in [7, 11) is 0. The van der Waals surface area contributed by atoms with Crippen LogP contribution in [-0.2, 0) is 0 Å². The second-order valence-electron chi connectivity index (χ2n) is 8.73. The van der Waals surface area contributed by atoms with Gasteiger partial charge in [-0.3, -0.25) is 0 Å². The summed E-state index contributed by atoms with van der Waals surface area (Å²) >= 11 is 0. The smallest absolute Gasteiger partial charge is 0.225 e. The van der Waals surface area contributed by atoms with Gasteiger partial charge in [0.25, 0.3) is 0 Å². The number of rotatable bonds is 4. The normalized spacial score (nSPS) is 19.3. The van der Waals surface area contributed by atoms with Crippen LogP contribution in [0, 0.1) is 20.8 Å². The van der Waals surface area contributed by atoms with Crippen molar-refractivity contribution < 1.29 is 4.52 Å². The molecule has 0 N–H and O–H groups in total. The highest BCUT2D eigenvalue weighted by molar-refractivity contribution is 5.62. The molecule has 1 atom stereocenters. The maximum atomic E-state index is 5.61. The first-order chi connectivity index (χ1) is 15.1. The molecular formula is C23H29N7O. The van der Waals surface area contributed by atoms with Gasteiger partial charge in [0, 0.05) is 55.7 Å². The fraction of sp³-hybridized carbons (Fsp3) is 0.522. The Balaban J connectivity index is 1.51. The molecule has 0 saturated carbocycles. The highest BCUT2D eigenvalue weighted by Gasteiger charge is 2.29. The number of anilines is 2. The summed E-state index contributed by atoms with van der Waals surface area (Å²) in [5.41, 5.74) is 4.85. The lowest BCUT2D eigenvalue weighted by atomic mass is 9.91. The van der Waals surface area contributed by atoms with E-state index in [4.69, 9.17) is 24.5 Å². The molecule has 5 rings (SSSR count). The van der Waals surface area contributed by atoms with Gasteiger partial charge in [0.1, 0.15) is 0 Å². The first kappa shape index (κ1) is 19.9. The van der Waals surface area contributed by atoms with E-state index in [0.29, 0.717) is 0 Å². The molecule has 0 amide bonds. The zero-order valence-electron chi connectivity index (χ0n) is 18.5.